The molecule has 1 rings (SSSR count). The summed E-state index contributed by atoms with van der Waals surface area (Å²) in [6.07, 6.45) is 3.97. The summed E-state index contributed by atoms with van der Waals surface area (Å²) in [6, 6.07) is 5.71. The van der Waals surface area contributed by atoms with E-state index in [-0.39, 0.29) is 13.1 Å². The van der Waals surface area contributed by atoms with Crippen molar-refractivity contribution in [1.29, 1.82) is 10.5 Å². The van der Waals surface area contributed by atoms with Gasteiger partial charge < -0.3 is 10.0 Å². The molecule has 0 aliphatic heterocycles. The highest BCUT2D eigenvalue weighted by Gasteiger charge is 2.10. The predicted molar refractivity (Wildman–Crippen MR) is 69.1 cm³/mol. The maximum Gasteiger partial charge on any atom is 0.328 e. The minimum Gasteiger partial charge on any atom is -0.478 e. The fraction of sp³-hybridized carbons (Fsp3) is 0.231. The van der Waals surface area contributed by atoms with Crippen LogP contribution in [0.4, 0.5) is 5.82 Å². The molecule has 0 unspecified atom stereocenters. The molecule has 1 heterocycles. The monoisotopic (exact) mass is 256 g/mol. The van der Waals surface area contributed by atoms with Crippen molar-refractivity contribution < 1.29 is 9.90 Å². The van der Waals surface area contributed by atoms with Gasteiger partial charge in [-0.05, 0) is 30.2 Å². The van der Waals surface area contributed by atoms with Crippen LogP contribution in [0, 0.1) is 29.6 Å². The Kier molecular flexibility index (Phi) is 5.06. The zero-order valence-electron chi connectivity index (χ0n) is 10.4. The van der Waals surface area contributed by atoms with Gasteiger partial charge >= 0.3 is 5.97 Å². The van der Waals surface area contributed by atoms with Gasteiger partial charge in [-0.2, -0.15) is 10.5 Å². The van der Waals surface area contributed by atoms with Gasteiger partial charge in [0.25, 0.3) is 0 Å². The number of aliphatic carboxylic acids is 1. The van der Waals surface area contributed by atoms with Crippen LogP contribution in [-0.2, 0) is 4.79 Å². The van der Waals surface area contributed by atoms with Crippen LogP contribution in [0.15, 0.2) is 18.3 Å². The first-order chi connectivity index (χ1) is 9.08. The number of aromatic nitrogens is 1. The fourth-order valence-electron chi connectivity index (χ4n) is 1.56. The average Bonchev–Trinajstić information content (AvgIpc) is 2.36. The largest absolute Gasteiger partial charge is 0.478 e. The van der Waals surface area contributed by atoms with Crippen molar-refractivity contribution in [2.75, 3.05) is 18.0 Å². The summed E-state index contributed by atoms with van der Waals surface area (Å²) in [5.74, 6) is -0.479. The summed E-state index contributed by atoms with van der Waals surface area (Å²) in [4.78, 5) is 16.1. The van der Waals surface area contributed by atoms with Crippen LogP contribution in [0.5, 0.6) is 0 Å². The normalized spacial score (nSPS) is 9.84. The van der Waals surface area contributed by atoms with Gasteiger partial charge in [0.1, 0.15) is 18.9 Å². The van der Waals surface area contributed by atoms with E-state index in [0.717, 1.165) is 11.6 Å². The number of carbonyl (C=O) groups is 1. The quantitative estimate of drug-likeness (QED) is 0.630. The van der Waals surface area contributed by atoms with E-state index in [0.29, 0.717) is 11.4 Å². The van der Waals surface area contributed by atoms with E-state index >= 15 is 0 Å². The summed E-state index contributed by atoms with van der Waals surface area (Å²) in [5.41, 5.74) is 1.43. The topological polar surface area (TPSA) is 101 Å². The molecule has 1 aromatic heterocycles. The van der Waals surface area contributed by atoms with Gasteiger partial charge in [-0.15, -0.1) is 0 Å². The van der Waals surface area contributed by atoms with E-state index in [1.165, 1.54) is 12.3 Å². The molecular formula is C13H12N4O2. The Hall–Kier alpha value is -2.86. The first-order valence-corrected chi connectivity index (χ1v) is 5.45. The fourth-order valence-corrected chi connectivity index (χ4v) is 1.56. The van der Waals surface area contributed by atoms with Crippen molar-refractivity contribution >= 4 is 17.9 Å². The number of nitriles is 2. The summed E-state index contributed by atoms with van der Waals surface area (Å²) in [7, 11) is 0. The van der Waals surface area contributed by atoms with Crippen molar-refractivity contribution in [2.45, 2.75) is 6.92 Å². The molecule has 96 valence electrons. The average molecular weight is 256 g/mol. The molecule has 0 aliphatic carbocycles. The number of aryl methyl sites for hydroxylation is 1. The summed E-state index contributed by atoms with van der Waals surface area (Å²) >= 11 is 0. The van der Waals surface area contributed by atoms with Crippen LogP contribution in [0.2, 0.25) is 0 Å². The lowest BCUT2D eigenvalue weighted by Crippen LogP contribution is -2.25. The van der Waals surface area contributed by atoms with Crippen molar-refractivity contribution in [2.24, 2.45) is 0 Å². The second-order valence-corrected chi connectivity index (χ2v) is 3.75. The van der Waals surface area contributed by atoms with Crippen LogP contribution in [0.1, 0.15) is 11.1 Å². The van der Waals surface area contributed by atoms with E-state index in [1.807, 2.05) is 12.1 Å². The van der Waals surface area contributed by atoms with Gasteiger partial charge in [-0.1, -0.05) is 0 Å². The number of carboxylic acid groups (broad SMARTS) is 1. The Morgan fingerprint density at radius 3 is 2.58 bits per heavy atom. The third-order valence-electron chi connectivity index (χ3n) is 2.31. The molecular weight excluding hydrogens is 244 g/mol. The first kappa shape index (κ1) is 14.2. The van der Waals surface area contributed by atoms with Gasteiger partial charge in [0.2, 0.25) is 0 Å². The molecule has 6 heteroatoms. The number of nitrogens with zero attached hydrogens (tertiary/aromatic N) is 4. The summed E-state index contributed by atoms with van der Waals surface area (Å²) in [6.45, 7) is 1.94. The molecule has 6 nitrogen and oxygen atoms in total. The lowest BCUT2D eigenvalue weighted by Gasteiger charge is -2.19. The number of hydrogen-bond donors (Lipinski definition) is 1. The summed E-state index contributed by atoms with van der Waals surface area (Å²) < 4.78 is 0. The molecule has 0 aromatic carbocycles. The SMILES string of the molecule is Cc1cc(/C=C/C(=O)O)cnc1N(CC#N)CC#N. The number of carboxylic acids is 1. The maximum absolute atomic E-state index is 10.4. The Morgan fingerprint density at radius 2 is 2.11 bits per heavy atom. The van der Waals surface area contributed by atoms with Gasteiger partial charge in [0, 0.05) is 12.3 Å². The minimum absolute atomic E-state index is 0.0751. The van der Waals surface area contributed by atoms with E-state index in [1.54, 1.807) is 17.9 Å². The first-order valence-electron chi connectivity index (χ1n) is 5.45. The van der Waals surface area contributed by atoms with Crippen LogP contribution in [0.3, 0.4) is 0 Å². The van der Waals surface area contributed by atoms with Gasteiger partial charge in [0.15, 0.2) is 0 Å². The van der Waals surface area contributed by atoms with Gasteiger partial charge in [0.05, 0.1) is 12.1 Å². The van der Waals surface area contributed by atoms with Crippen LogP contribution in [0.25, 0.3) is 6.08 Å². The lowest BCUT2D eigenvalue weighted by molar-refractivity contribution is -0.131. The minimum atomic E-state index is -1.03. The smallest absolute Gasteiger partial charge is 0.328 e. The molecule has 0 amide bonds. The predicted octanol–water partition coefficient (Wildman–Crippen LogP) is 1.34. The van der Waals surface area contributed by atoms with E-state index in [4.69, 9.17) is 15.6 Å². The standard InChI is InChI=1S/C13H12N4O2/c1-10-8-11(2-3-12(18)19)9-16-13(10)17(6-4-14)7-5-15/h2-3,8-9H,6-7H2,1H3,(H,18,19)/b3-2+. The number of anilines is 1. The molecule has 0 spiro atoms. The lowest BCUT2D eigenvalue weighted by atomic mass is 10.2. The molecule has 0 radical (unpaired) electrons. The zero-order valence-corrected chi connectivity index (χ0v) is 10.4. The molecule has 0 fully saturated rings. The molecule has 0 aliphatic rings. The molecule has 19 heavy (non-hydrogen) atoms. The van der Waals surface area contributed by atoms with E-state index < -0.39 is 5.97 Å². The molecule has 1 N–H and O–H groups in total. The van der Waals surface area contributed by atoms with Gasteiger partial charge in [-0.25, -0.2) is 9.78 Å². The highest BCUT2D eigenvalue weighted by molar-refractivity contribution is 5.85. The highest BCUT2D eigenvalue weighted by Crippen LogP contribution is 2.18. The molecule has 0 saturated heterocycles. The Morgan fingerprint density at radius 1 is 1.47 bits per heavy atom. The van der Waals surface area contributed by atoms with Crippen LogP contribution < -0.4 is 4.90 Å². The number of rotatable bonds is 5. The zero-order chi connectivity index (χ0) is 14.3. The van der Waals surface area contributed by atoms with Crippen LogP contribution in [-0.4, -0.2) is 29.1 Å². The van der Waals surface area contributed by atoms with Crippen molar-refractivity contribution in [3.63, 3.8) is 0 Å². The second-order valence-electron chi connectivity index (χ2n) is 3.75. The van der Waals surface area contributed by atoms with Crippen molar-refractivity contribution in [1.82, 2.24) is 4.98 Å². The molecule has 1 aromatic rings. The van der Waals surface area contributed by atoms with Gasteiger partial charge in [-0.3, -0.25) is 0 Å². The van der Waals surface area contributed by atoms with E-state index in [2.05, 4.69) is 4.98 Å². The third kappa shape index (κ3) is 4.14. The maximum atomic E-state index is 10.4. The Bertz CT molecular complexity index is 565. The molecule has 0 bridgehead atoms. The molecule has 0 atom stereocenters. The second kappa shape index (κ2) is 6.77. The number of hydrogen-bond acceptors (Lipinski definition) is 5. The van der Waals surface area contributed by atoms with E-state index in [9.17, 15) is 4.79 Å². The summed E-state index contributed by atoms with van der Waals surface area (Å²) in [5, 5.41) is 26.0. The third-order valence-corrected chi connectivity index (χ3v) is 2.31. The number of pyridine rings is 1. The van der Waals surface area contributed by atoms with Crippen molar-refractivity contribution in [3.8, 4) is 12.1 Å². The Labute approximate surface area is 110 Å². The van der Waals surface area contributed by atoms with Crippen LogP contribution >= 0.6 is 0 Å². The molecule has 0 saturated carbocycles. The Balaban J connectivity index is 3.02. The van der Waals surface area contributed by atoms with Crippen molar-refractivity contribution in [3.05, 3.63) is 29.5 Å². The highest BCUT2D eigenvalue weighted by atomic mass is 16.4.